The molecule has 0 bridgehead atoms. The number of rotatable bonds is 11. The number of piperazine rings is 1. The van der Waals surface area contributed by atoms with Crippen LogP contribution in [0.1, 0.15) is 61.9 Å². The molecule has 5 heteroatoms. The number of likely N-dealkylation sites (N-methyl/N-ethyl adjacent to an activating group) is 1. The van der Waals surface area contributed by atoms with Crippen LogP contribution in [0.15, 0.2) is 12.1 Å². The van der Waals surface area contributed by atoms with Gasteiger partial charge < -0.3 is 19.6 Å². The van der Waals surface area contributed by atoms with Crippen molar-refractivity contribution in [2.24, 2.45) is 0 Å². The van der Waals surface area contributed by atoms with E-state index in [4.69, 9.17) is 4.74 Å². The standard InChI is InChI=1S/C22H36N2O3/c1-4-9-20-21(11-10-19(18(2)25)22(20)26)27-17-8-6-5-7-12-24-15-13-23(3)14-16-24/h10-11,26H,4-9,12-17H2,1-3H3. The average molecular weight is 377 g/mol. The molecule has 0 radical (unpaired) electrons. The minimum atomic E-state index is -0.114. The number of carbonyl (C=O) groups excluding carboxylic acids is 1. The Balaban J connectivity index is 1.69. The van der Waals surface area contributed by atoms with Crippen LogP contribution in [-0.2, 0) is 6.42 Å². The molecular formula is C22H36N2O3. The molecule has 0 unspecified atom stereocenters. The fraction of sp³-hybridized carbons (Fsp3) is 0.682. The van der Waals surface area contributed by atoms with Crippen molar-refractivity contribution >= 4 is 5.78 Å². The Kier molecular flexibility index (Phi) is 9.08. The normalized spacial score (nSPS) is 15.8. The van der Waals surface area contributed by atoms with Gasteiger partial charge in [0.05, 0.1) is 12.2 Å². The van der Waals surface area contributed by atoms with Crippen LogP contribution in [0.25, 0.3) is 0 Å². The molecule has 152 valence electrons. The van der Waals surface area contributed by atoms with Gasteiger partial charge in [0.15, 0.2) is 5.78 Å². The molecule has 1 heterocycles. The van der Waals surface area contributed by atoms with Crippen LogP contribution in [0.3, 0.4) is 0 Å². The molecule has 27 heavy (non-hydrogen) atoms. The SMILES string of the molecule is CCCc1c(OCCCCCCN2CCN(C)CC2)ccc(C(C)=O)c1O. The molecule has 0 atom stereocenters. The Morgan fingerprint density at radius 3 is 2.48 bits per heavy atom. The molecule has 0 saturated carbocycles. The summed E-state index contributed by atoms with van der Waals surface area (Å²) in [5.41, 5.74) is 1.15. The summed E-state index contributed by atoms with van der Waals surface area (Å²) in [6, 6.07) is 3.50. The zero-order chi connectivity index (χ0) is 19.6. The van der Waals surface area contributed by atoms with E-state index in [1.165, 1.54) is 52.5 Å². The van der Waals surface area contributed by atoms with Crippen LogP contribution < -0.4 is 4.74 Å². The second-order valence-corrected chi connectivity index (χ2v) is 7.65. The van der Waals surface area contributed by atoms with Gasteiger partial charge in [0.2, 0.25) is 0 Å². The highest BCUT2D eigenvalue weighted by atomic mass is 16.5. The lowest BCUT2D eigenvalue weighted by molar-refractivity contribution is 0.101. The van der Waals surface area contributed by atoms with Crippen molar-refractivity contribution in [3.05, 3.63) is 23.3 Å². The lowest BCUT2D eigenvalue weighted by Crippen LogP contribution is -2.44. The molecule has 0 aliphatic carbocycles. The largest absolute Gasteiger partial charge is 0.507 e. The molecule has 1 saturated heterocycles. The molecule has 0 aromatic heterocycles. The van der Waals surface area contributed by atoms with E-state index in [2.05, 4.69) is 23.8 Å². The number of ether oxygens (including phenoxy) is 1. The van der Waals surface area contributed by atoms with Gasteiger partial charge in [0.25, 0.3) is 0 Å². The number of phenolic OH excluding ortho intramolecular Hbond substituents is 1. The monoisotopic (exact) mass is 376 g/mol. The van der Waals surface area contributed by atoms with Crippen LogP contribution in [0, 0.1) is 0 Å². The fourth-order valence-corrected chi connectivity index (χ4v) is 3.57. The van der Waals surface area contributed by atoms with Crippen LogP contribution >= 0.6 is 0 Å². The average Bonchev–Trinajstić information content (AvgIpc) is 2.64. The number of hydrogen-bond acceptors (Lipinski definition) is 5. The topological polar surface area (TPSA) is 53.0 Å². The Morgan fingerprint density at radius 2 is 1.81 bits per heavy atom. The second kappa shape index (κ2) is 11.3. The van der Waals surface area contributed by atoms with Gasteiger partial charge in [-0.2, -0.15) is 0 Å². The van der Waals surface area contributed by atoms with Crippen LogP contribution in [0.4, 0.5) is 0 Å². The lowest BCUT2D eigenvalue weighted by Gasteiger charge is -2.32. The maximum atomic E-state index is 11.6. The minimum Gasteiger partial charge on any atom is -0.507 e. The lowest BCUT2D eigenvalue weighted by atomic mass is 10.0. The van der Waals surface area contributed by atoms with Gasteiger partial charge in [0.1, 0.15) is 11.5 Å². The smallest absolute Gasteiger partial charge is 0.163 e. The van der Waals surface area contributed by atoms with Crippen LogP contribution in [0.2, 0.25) is 0 Å². The third-order valence-electron chi connectivity index (χ3n) is 5.34. The first kappa shape index (κ1) is 21.7. The van der Waals surface area contributed by atoms with Crippen LogP contribution in [0.5, 0.6) is 11.5 Å². The van der Waals surface area contributed by atoms with Crippen molar-refractivity contribution in [3.8, 4) is 11.5 Å². The molecule has 1 N–H and O–H groups in total. The van der Waals surface area contributed by atoms with E-state index in [1.54, 1.807) is 6.07 Å². The first-order chi connectivity index (χ1) is 13.0. The summed E-state index contributed by atoms with van der Waals surface area (Å²) >= 11 is 0. The third-order valence-corrected chi connectivity index (χ3v) is 5.34. The summed E-state index contributed by atoms with van der Waals surface area (Å²) in [5, 5.41) is 10.4. The van der Waals surface area contributed by atoms with Gasteiger partial charge in [-0.1, -0.05) is 26.2 Å². The predicted molar refractivity (Wildman–Crippen MR) is 110 cm³/mol. The maximum Gasteiger partial charge on any atom is 0.163 e. The number of phenols is 1. The van der Waals surface area contributed by atoms with E-state index in [0.717, 1.165) is 30.6 Å². The Morgan fingerprint density at radius 1 is 1.11 bits per heavy atom. The van der Waals surface area contributed by atoms with Crippen molar-refractivity contribution in [1.82, 2.24) is 9.80 Å². The highest BCUT2D eigenvalue weighted by molar-refractivity contribution is 5.97. The summed E-state index contributed by atoms with van der Waals surface area (Å²) in [6.45, 7) is 10.2. The Bertz CT molecular complexity index is 595. The molecule has 1 aliphatic heterocycles. The molecular weight excluding hydrogens is 340 g/mol. The molecule has 1 aromatic rings. The summed E-state index contributed by atoms with van der Waals surface area (Å²) in [7, 11) is 2.19. The number of aromatic hydroxyl groups is 1. The first-order valence-corrected chi connectivity index (χ1v) is 10.4. The van der Waals surface area contributed by atoms with Gasteiger partial charge in [-0.05, 0) is 51.9 Å². The maximum absolute atomic E-state index is 11.6. The molecule has 0 spiro atoms. The number of ketones is 1. The van der Waals surface area contributed by atoms with Gasteiger partial charge in [-0.15, -0.1) is 0 Å². The van der Waals surface area contributed by atoms with Crippen molar-refractivity contribution in [2.75, 3.05) is 46.4 Å². The van der Waals surface area contributed by atoms with E-state index in [0.29, 0.717) is 18.6 Å². The van der Waals surface area contributed by atoms with Crippen molar-refractivity contribution in [3.63, 3.8) is 0 Å². The zero-order valence-corrected chi connectivity index (χ0v) is 17.3. The van der Waals surface area contributed by atoms with Crippen molar-refractivity contribution < 1.29 is 14.6 Å². The van der Waals surface area contributed by atoms with Gasteiger partial charge in [0, 0.05) is 31.7 Å². The Hall–Kier alpha value is -1.59. The summed E-state index contributed by atoms with van der Waals surface area (Å²) < 4.78 is 5.93. The molecule has 1 aliphatic rings. The molecule has 1 fully saturated rings. The second-order valence-electron chi connectivity index (χ2n) is 7.65. The summed E-state index contributed by atoms with van der Waals surface area (Å²) in [5.74, 6) is 0.697. The van der Waals surface area contributed by atoms with E-state index in [-0.39, 0.29) is 11.5 Å². The zero-order valence-electron chi connectivity index (χ0n) is 17.3. The van der Waals surface area contributed by atoms with Gasteiger partial charge in [-0.25, -0.2) is 0 Å². The van der Waals surface area contributed by atoms with E-state index >= 15 is 0 Å². The van der Waals surface area contributed by atoms with Crippen LogP contribution in [-0.4, -0.2) is 67.1 Å². The minimum absolute atomic E-state index is 0.0917. The highest BCUT2D eigenvalue weighted by Gasteiger charge is 2.16. The number of Topliss-reactive ketones (excluding diaryl/α,β-unsaturated/α-hetero) is 1. The highest BCUT2D eigenvalue weighted by Crippen LogP contribution is 2.33. The molecule has 1 aromatic carbocycles. The van der Waals surface area contributed by atoms with Gasteiger partial charge >= 0.3 is 0 Å². The number of hydrogen-bond donors (Lipinski definition) is 1. The van der Waals surface area contributed by atoms with E-state index in [9.17, 15) is 9.90 Å². The molecule has 0 amide bonds. The summed E-state index contributed by atoms with van der Waals surface area (Å²) in [4.78, 5) is 16.6. The predicted octanol–water partition coefficient (Wildman–Crippen LogP) is 3.73. The number of carbonyl (C=O) groups is 1. The molecule has 2 rings (SSSR count). The number of unbranched alkanes of at least 4 members (excludes halogenated alkanes) is 3. The van der Waals surface area contributed by atoms with E-state index in [1.807, 2.05) is 6.07 Å². The number of benzene rings is 1. The number of nitrogens with zero attached hydrogens (tertiary/aromatic N) is 2. The van der Waals surface area contributed by atoms with Crippen molar-refractivity contribution in [1.29, 1.82) is 0 Å². The fourth-order valence-electron chi connectivity index (χ4n) is 3.57. The van der Waals surface area contributed by atoms with Gasteiger partial charge in [-0.3, -0.25) is 4.79 Å². The first-order valence-electron chi connectivity index (χ1n) is 10.4. The summed E-state index contributed by atoms with van der Waals surface area (Å²) in [6.07, 6.45) is 6.27. The van der Waals surface area contributed by atoms with Crippen molar-refractivity contribution in [2.45, 2.75) is 52.4 Å². The van der Waals surface area contributed by atoms with E-state index < -0.39 is 0 Å². The third kappa shape index (κ3) is 6.82. The quantitative estimate of drug-likeness (QED) is 0.471. The Labute approximate surface area is 164 Å². The molecule has 5 nitrogen and oxygen atoms in total.